The molecule has 3 rings (SSSR count). The van der Waals surface area contributed by atoms with Crippen LogP contribution in [-0.2, 0) is 16.9 Å². The minimum atomic E-state index is -1.15. The Kier molecular flexibility index (Phi) is 4.59. The van der Waals surface area contributed by atoms with E-state index in [4.69, 9.17) is 9.47 Å². The molecule has 2 aromatic carbocycles. The number of hydrogen-bond donors (Lipinski definition) is 1. The van der Waals surface area contributed by atoms with Gasteiger partial charge in [-0.2, -0.15) is 0 Å². The highest BCUT2D eigenvalue weighted by Crippen LogP contribution is 2.35. The summed E-state index contributed by atoms with van der Waals surface area (Å²) in [7, 11) is 3.08. The van der Waals surface area contributed by atoms with Crippen LogP contribution < -0.4 is 14.8 Å². The second-order valence-corrected chi connectivity index (χ2v) is 6.44. The van der Waals surface area contributed by atoms with Crippen molar-refractivity contribution in [1.29, 1.82) is 0 Å². The lowest BCUT2D eigenvalue weighted by molar-refractivity contribution is -0.131. The molecule has 1 heterocycles. The van der Waals surface area contributed by atoms with Gasteiger partial charge < -0.3 is 14.8 Å². The number of rotatable bonds is 5. The standard InChI is InChI=1S/C20H22N2O4/c1-13-7-5-6-8-14(13)12-22-18(23)20(2,21-19(22)24)15-9-10-16(25-3)17(11-15)26-4/h5-11H,12H2,1-4H3,(H,21,24). The van der Waals surface area contributed by atoms with Gasteiger partial charge in [0.15, 0.2) is 11.5 Å². The van der Waals surface area contributed by atoms with Crippen molar-refractivity contribution in [2.75, 3.05) is 14.2 Å². The fraction of sp³-hybridized carbons (Fsp3) is 0.300. The first-order chi connectivity index (χ1) is 12.4. The van der Waals surface area contributed by atoms with E-state index in [2.05, 4.69) is 5.32 Å². The lowest BCUT2D eigenvalue weighted by Crippen LogP contribution is -2.40. The normalized spacial score (nSPS) is 19.5. The fourth-order valence-electron chi connectivity index (χ4n) is 3.14. The third-order valence-electron chi connectivity index (χ3n) is 4.83. The Morgan fingerprint density at radius 3 is 2.38 bits per heavy atom. The summed E-state index contributed by atoms with van der Waals surface area (Å²) >= 11 is 0. The van der Waals surface area contributed by atoms with Crippen molar-refractivity contribution in [2.45, 2.75) is 25.9 Å². The molecular weight excluding hydrogens is 332 g/mol. The molecule has 0 bridgehead atoms. The van der Waals surface area contributed by atoms with Crippen LogP contribution in [0.1, 0.15) is 23.6 Å². The van der Waals surface area contributed by atoms with Crippen LogP contribution in [0.25, 0.3) is 0 Å². The van der Waals surface area contributed by atoms with Crippen LogP contribution in [0.15, 0.2) is 42.5 Å². The average Bonchev–Trinajstić information content (AvgIpc) is 2.86. The quantitative estimate of drug-likeness (QED) is 0.838. The van der Waals surface area contributed by atoms with Gasteiger partial charge in [0.25, 0.3) is 5.91 Å². The van der Waals surface area contributed by atoms with Gasteiger partial charge in [-0.25, -0.2) is 4.79 Å². The van der Waals surface area contributed by atoms with E-state index in [9.17, 15) is 9.59 Å². The average molecular weight is 354 g/mol. The van der Waals surface area contributed by atoms with Gasteiger partial charge in [-0.3, -0.25) is 9.69 Å². The molecule has 1 aliphatic rings. The summed E-state index contributed by atoms with van der Waals surface area (Å²) in [5.74, 6) is 0.775. The first-order valence-electron chi connectivity index (χ1n) is 8.32. The monoisotopic (exact) mass is 354 g/mol. The predicted octanol–water partition coefficient (Wildman–Crippen LogP) is 2.98. The minimum absolute atomic E-state index is 0.236. The number of nitrogens with zero attached hydrogens (tertiary/aromatic N) is 1. The van der Waals surface area contributed by atoms with Crippen LogP contribution in [0.4, 0.5) is 4.79 Å². The van der Waals surface area contributed by atoms with Crippen LogP contribution in [0.3, 0.4) is 0 Å². The van der Waals surface area contributed by atoms with Crippen LogP contribution in [0, 0.1) is 6.92 Å². The molecule has 1 saturated heterocycles. The van der Waals surface area contributed by atoms with E-state index in [1.165, 1.54) is 12.0 Å². The van der Waals surface area contributed by atoms with Crippen LogP contribution in [0.5, 0.6) is 11.5 Å². The summed E-state index contributed by atoms with van der Waals surface area (Å²) < 4.78 is 10.6. The van der Waals surface area contributed by atoms with E-state index in [0.29, 0.717) is 17.1 Å². The maximum atomic E-state index is 13.1. The Morgan fingerprint density at radius 2 is 1.73 bits per heavy atom. The number of ether oxygens (including phenoxy) is 2. The zero-order valence-corrected chi connectivity index (χ0v) is 15.3. The number of benzene rings is 2. The molecule has 0 aliphatic carbocycles. The lowest BCUT2D eigenvalue weighted by atomic mass is 9.91. The van der Waals surface area contributed by atoms with E-state index in [0.717, 1.165) is 11.1 Å². The maximum absolute atomic E-state index is 13.1. The third kappa shape index (κ3) is 2.87. The molecule has 0 aromatic heterocycles. The highest BCUT2D eigenvalue weighted by molar-refractivity contribution is 6.07. The number of carbonyl (C=O) groups is 2. The van der Waals surface area contributed by atoms with E-state index in [1.54, 1.807) is 32.2 Å². The summed E-state index contributed by atoms with van der Waals surface area (Å²) in [6.45, 7) is 3.90. The number of methoxy groups -OCH3 is 2. The molecule has 1 unspecified atom stereocenters. The topological polar surface area (TPSA) is 67.9 Å². The van der Waals surface area contributed by atoms with Crippen molar-refractivity contribution in [3.8, 4) is 11.5 Å². The van der Waals surface area contributed by atoms with Gasteiger partial charge in [0, 0.05) is 0 Å². The molecular formula is C20H22N2O4. The number of urea groups is 1. The Hall–Kier alpha value is -3.02. The Balaban J connectivity index is 1.93. The summed E-state index contributed by atoms with van der Waals surface area (Å²) in [6.07, 6.45) is 0. The van der Waals surface area contributed by atoms with E-state index >= 15 is 0 Å². The Labute approximate surface area is 152 Å². The number of imide groups is 1. The van der Waals surface area contributed by atoms with Crippen LogP contribution in [0.2, 0.25) is 0 Å². The Bertz CT molecular complexity index is 865. The van der Waals surface area contributed by atoms with Gasteiger partial charge in [-0.1, -0.05) is 30.3 Å². The molecule has 0 radical (unpaired) electrons. The van der Waals surface area contributed by atoms with E-state index in [1.807, 2.05) is 31.2 Å². The number of hydrogen-bond acceptors (Lipinski definition) is 4. The number of amides is 3. The van der Waals surface area contributed by atoms with Crippen molar-refractivity contribution in [2.24, 2.45) is 0 Å². The van der Waals surface area contributed by atoms with Crippen molar-refractivity contribution in [3.63, 3.8) is 0 Å². The van der Waals surface area contributed by atoms with Crippen molar-refractivity contribution < 1.29 is 19.1 Å². The first kappa shape index (κ1) is 17.8. The molecule has 1 fully saturated rings. The molecule has 1 aliphatic heterocycles. The van der Waals surface area contributed by atoms with E-state index < -0.39 is 11.6 Å². The van der Waals surface area contributed by atoms with Gasteiger partial charge in [0.2, 0.25) is 0 Å². The lowest BCUT2D eigenvalue weighted by Gasteiger charge is -2.23. The minimum Gasteiger partial charge on any atom is -0.493 e. The molecule has 0 saturated carbocycles. The largest absolute Gasteiger partial charge is 0.493 e. The van der Waals surface area contributed by atoms with Crippen molar-refractivity contribution in [3.05, 3.63) is 59.2 Å². The van der Waals surface area contributed by atoms with Gasteiger partial charge in [0.1, 0.15) is 5.54 Å². The zero-order valence-electron chi connectivity index (χ0n) is 15.3. The predicted molar refractivity (Wildman–Crippen MR) is 97.2 cm³/mol. The molecule has 2 aromatic rings. The number of carbonyl (C=O) groups excluding carboxylic acids is 2. The van der Waals surface area contributed by atoms with Crippen LogP contribution >= 0.6 is 0 Å². The second-order valence-electron chi connectivity index (χ2n) is 6.44. The van der Waals surface area contributed by atoms with Crippen molar-refractivity contribution in [1.82, 2.24) is 10.2 Å². The SMILES string of the molecule is COc1ccc(C2(C)NC(=O)N(Cc3ccccc3C)C2=O)cc1OC. The molecule has 1 atom stereocenters. The van der Waals surface area contributed by atoms with Gasteiger partial charge in [-0.15, -0.1) is 0 Å². The highest BCUT2D eigenvalue weighted by Gasteiger charge is 2.49. The number of nitrogens with one attached hydrogen (secondary N) is 1. The fourth-order valence-corrected chi connectivity index (χ4v) is 3.14. The molecule has 26 heavy (non-hydrogen) atoms. The summed E-state index contributed by atoms with van der Waals surface area (Å²) in [6, 6.07) is 12.5. The van der Waals surface area contributed by atoms with Crippen LogP contribution in [-0.4, -0.2) is 31.1 Å². The van der Waals surface area contributed by atoms with Gasteiger partial charge >= 0.3 is 6.03 Å². The van der Waals surface area contributed by atoms with E-state index in [-0.39, 0.29) is 12.5 Å². The zero-order chi connectivity index (χ0) is 18.9. The molecule has 6 nitrogen and oxygen atoms in total. The Morgan fingerprint density at radius 1 is 1.04 bits per heavy atom. The number of aryl methyl sites for hydroxylation is 1. The summed E-state index contributed by atoms with van der Waals surface area (Å²) in [4.78, 5) is 26.8. The summed E-state index contributed by atoms with van der Waals surface area (Å²) in [5.41, 5.74) is 1.46. The second kappa shape index (κ2) is 6.71. The smallest absolute Gasteiger partial charge is 0.325 e. The molecule has 1 N–H and O–H groups in total. The van der Waals surface area contributed by atoms with Gasteiger partial charge in [0.05, 0.1) is 20.8 Å². The first-order valence-corrected chi connectivity index (χ1v) is 8.32. The summed E-state index contributed by atoms with van der Waals surface area (Å²) in [5, 5.41) is 2.82. The van der Waals surface area contributed by atoms with Gasteiger partial charge in [-0.05, 0) is 42.7 Å². The van der Waals surface area contributed by atoms with Crippen molar-refractivity contribution >= 4 is 11.9 Å². The molecule has 3 amide bonds. The molecule has 6 heteroatoms. The molecule has 0 spiro atoms. The third-order valence-corrected chi connectivity index (χ3v) is 4.83. The maximum Gasteiger partial charge on any atom is 0.325 e. The highest BCUT2D eigenvalue weighted by atomic mass is 16.5. The molecule has 136 valence electrons.